The number of unbranched alkanes of at least 4 members (excludes halogenated alkanes) is 9. The number of hydrogen-bond donors (Lipinski definition) is 0. The number of hydrogen-bond acceptors (Lipinski definition) is 0. The molecule has 4 aliphatic rings. The molecule has 0 atom stereocenters. The Morgan fingerprint density at radius 2 is 0.425 bits per heavy atom. The molecular weight excluding hydrogens is 877 g/mol. The van der Waals surface area contributed by atoms with Crippen LogP contribution >= 0.6 is 0 Å². The summed E-state index contributed by atoms with van der Waals surface area (Å²) in [4.78, 5) is 0. The average Bonchev–Trinajstić information content (AvgIpc) is 4.37. The molecule has 0 unspecified atom stereocenters. The van der Waals surface area contributed by atoms with Gasteiger partial charge in [-0.15, -0.1) is 5.92 Å². The van der Waals surface area contributed by atoms with Crippen LogP contribution in [-0.4, -0.2) is 0 Å². The molecule has 0 fully saturated rings. The molecule has 4 aliphatic carbocycles. The van der Waals surface area contributed by atoms with Crippen molar-refractivity contribution in [2.45, 2.75) is 82.5 Å². The van der Waals surface area contributed by atoms with Crippen molar-refractivity contribution in [3.05, 3.63) is 22.3 Å². The molecule has 0 heteroatoms. The first-order valence-electron chi connectivity index (χ1n) is 28.7. The largest absolute Gasteiger partial charge is 0.102 e. The summed E-state index contributed by atoms with van der Waals surface area (Å²) in [6.07, 6.45) is 13.2. The zero-order chi connectivity index (χ0) is 44.0. The van der Waals surface area contributed by atoms with E-state index in [2.05, 4.69) is 18.8 Å². The van der Waals surface area contributed by atoms with E-state index in [9.17, 15) is 0 Å². The third-order valence-corrected chi connectivity index (χ3v) is 25.8. The molecular formula is C73H24. The Morgan fingerprint density at radius 1 is 0.233 bits per heavy atom. The minimum atomic E-state index is -0.412. The van der Waals surface area contributed by atoms with Gasteiger partial charge in [-0.3, -0.25) is 0 Å². The van der Waals surface area contributed by atoms with Crippen molar-refractivity contribution in [3.63, 3.8) is 0 Å². The SMILES string of the molecule is CCCCCCCCCCCC#CC12c3c4c5c6c7c8c(c9c%10c1c1c3c3c%11c4c4c5c5c7c7c%12c8c8c9c9c%10c%10c1c1c3c3c%11c%11c4c4c5c7c5c7c%12c8c8c9c9c%10c1c1c3c3c%11c4c5c4c7c8c9c1c34)C62. The number of rotatable bonds is 9. The van der Waals surface area contributed by atoms with E-state index in [1.165, 1.54) is 57.8 Å². The molecule has 0 saturated carbocycles. The molecule has 0 amide bonds. The van der Waals surface area contributed by atoms with Crippen molar-refractivity contribution >= 4 is 291 Å². The van der Waals surface area contributed by atoms with Crippen LogP contribution in [0.25, 0.3) is 291 Å². The van der Waals surface area contributed by atoms with Crippen molar-refractivity contribution in [1.82, 2.24) is 0 Å². The van der Waals surface area contributed by atoms with Crippen molar-refractivity contribution in [1.29, 1.82) is 0 Å². The van der Waals surface area contributed by atoms with Gasteiger partial charge in [-0.05, 0) is 320 Å². The van der Waals surface area contributed by atoms with E-state index in [1.807, 2.05) is 0 Å². The number of benzene rings is 18. The van der Waals surface area contributed by atoms with E-state index in [1.54, 1.807) is 313 Å². The quantitative estimate of drug-likeness (QED) is 0.0769. The van der Waals surface area contributed by atoms with Crippen LogP contribution in [0.5, 0.6) is 0 Å². The minimum absolute atomic E-state index is 0.216. The molecule has 0 nitrogen and oxygen atoms in total. The lowest BCUT2D eigenvalue weighted by Crippen LogP contribution is -2.36. The summed E-state index contributed by atoms with van der Waals surface area (Å²) in [7, 11) is 0. The van der Waals surface area contributed by atoms with Crippen LogP contribution < -0.4 is 0 Å². The lowest BCUT2D eigenvalue weighted by atomic mass is 9.58. The van der Waals surface area contributed by atoms with Crippen LogP contribution in [0.2, 0.25) is 0 Å². The van der Waals surface area contributed by atoms with Crippen LogP contribution in [0.15, 0.2) is 0 Å². The van der Waals surface area contributed by atoms with Crippen LogP contribution in [0, 0.1) is 11.8 Å². The predicted octanol–water partition coefficient (Wildman–Crippen LogP) is 21.1. The maximum Gasteiger partial charge on any atom is 0.0946 e. The monoisotopic (exact) mass is 900 g/mol. The summed E-state index contributed by atoms with van der Waals surface area (Å²) >= 11 is 0. The maximum absolute atomic E-state index is 4.67. The normalized spacial score (nSPS) is 20.2. The first-order chi connectivity index (χ1) is 36.4. The Hall–Kier alpha value is -7.98. The zero-order valence-corrected chi connectivity index (χ0v) is 39.1. The fourth-order valence-corrected chi connectivity index (χ4v) is 25.1. The standard InChI is InChI=1S/C73H24/c1-2-3-4-5-6-7-8-9-10-11-12-13-73-70-66-60-46-38-30-18-15-14-16-19(18)31-33-29-23(16)25-21-17(14)20-24-22(15)28-32(30)44(46)52-50-36(28)34(24)42-40-26(20)27(21)41-43-35(25)37(29)51-53-45(33)47(39(31)38)61(60)67(70)63(53)65-57(51)55(43)59-49(41)48(40)58-54(42)56(50)64(62(52)66)71(73)68(58)69(59)72(65)73/h70H,2-11H2,1H3. The van der Waals surface area contributed by atoms with E-state index in [4.69, 9.17) is 0 Å². The molecule has 0 radical (unpaired) electrons. The molecule has 0 saturated heterocycles. The van der Waals surface area contributed by atoms with Crippen molar-refractivity contribution < 1.29 is 0 Å². The van der Waals surface area contributed by atoms with E-state index in [0.29, 0.717) is 0 Å². The lowest BCUT2D eigenvalue weighted by molar-refractivity contribution is 0.567. The third kappa shape index (κ3) is 1.78. The van der Waals surface area contributed by atoms with E-state index < -0.39 is 5.41 Å². The highest BCUT2D eigenvalue weighted by Crippen LogP contribution is 2.83. The van der Waals surface area contributed by atoms with Gasteiger partial charge in [0.25, 0.3) is 0 Å². The van der Waals surface area contributed by atoms with E-state index in [0.717, 1.165) is 6.42 Å². The fourth-order valence-electron chi connectivity index (χ4n) is 25.1. The lowest BCUT2D eigenvalue weighted by Gasteiger charge is -2.42. The van der Waals surface area contributed by atoms with Crippen molar-refractivity contribution in [3.8, 4) is 11.8 Å². The van der Waals surface area contributed by atoms with Gasteiger partial charge in [0.05, 0.1) is 5.41 Å². The fraction of sp³-hybridized carbons (Fsp3) is 0.178. The molecule has 0 aromatic heterocycles. The second-order valence-corrected chi connectivity index (χ2v) is 26.9. The highest BCUT2D eigenvalue weighted by atomic mass is 14.6. The molecule has 28 aromatic rings. The van der Waals surface area contributed by atoms with Gasteiger partial charge in [-0.1, -0.05) is 64.2 Å². The van der Waals surface area contributed by atoms with E-state index in [-0.39, 0.29) is 5.92 Å². The molecule has 0 aliphatic heterocycles. The zero-order valence-electron chi connectivity index (χ0n) is 39.1. The summed E-state index contributed by atoms with van der Waals surface area (Å²) in [6.45, 7) is 2.34. The van der Waals surface area contributed by atoms with Crippen molar-refractivity contribution in [2.24, 2.45) is 0 Å². The molecule has 0 bridgehead atoms. The summed E-state index contributed by atoms with van der Waals surface area (Å²) < 4.78 is 0. The molecule has 0 heterocycles. The van der Waals surface area contributed by atoms with Crippen LogP contribution in [0.1, 0.15) is 99.3 Å². The Labute approximate surface area is 405 Å². The van der Waals surface area contributed by atoms with Gasteiger partial charge in [0.1, 0.15) is 0 Å². The average molecular weight is 901 g/mol. The maximum atomic E-state index is 4.67. The predicted molar refractivity (Wildman–Crippen MR) is 315 cm³/mol. The van der Waals surface area contributed by atoms with Gasteiger partial charge >= 0.3 is 0 Å². The Balaban J connectivity index is 0.992. The summed E-state index contributed by atoms with van der Waals surface area (Å²) in [6, 6.07) is 0. The van der Waals surface area contributed by atoms with Gasteiger partial charge < -0.3 is 0 Å². The van der Waals surface area contributed by atoms with Crippen LogP contribution in [0.3, 0.4) is 0 Å². The molecule has 316 valence electrons. The second kappa shape index (κ2) is 7.27. The van der Waals surface area contributed by atoms with Gasteiger partial charge in [0.15, 0.2) is 0 Å². The van der Waals surface area contributed by atoms with Gasteiger partial charge in [0, 0.05) is 12.3 Å². The first kappa shape index (κ1) is 29.5. The summed E-state index contributed by atoms with van der Waals surface area (Å²) in [5.41, 5.74) is 6.42. The third-order valence-electron chi connectivity index (χ3n) is 25.8. The summed E-state index contributed by atoms with van der Waals surface area (Å²) in [5, 5.41) is 90.1. The Kier molecular flexibility index (Phi) is 2.94. The van der Waals surface area contributed by atoms with Crippen LogP contribution in [0.4, 0.5) is 0 Å². The molecule has 28 aromatic carbocycles. The molecule has 0 spiro atoms. The highest BCUT2D eigenvalue weighted by molar-refractivity contribution is 6.82. The highest BCUT2D eigenvalue weighted by Gasteiger charge is 2.62. The smallest absolute Gasteiger partial charge is 0.0946 e. The second-order valence-electron chi connectivity index (χ2n) is 26.9. The van der Waals surface area contributed by atoms with Gasteiger partial charge in [0.2, 0.25) is 0 Å². The Morgan fingerprint density at radius 3 is 0.685 bits per heavy atom. The molecule has 73 heavy (non-hydrogen) atoms. The minimum Gasteiger partial charge on any atom is -0.102 e. The van der Waals surface area contributed by atoms with Crippen LogP contribution in [-0.2, 0) is 5.41 Å². The van der Waals surface area contributed by atoms with E-state index >= 15 is 0 Å². The Bertz CT molecular complexity index is 6980. The van der Waals surface area contributed by atoms with Gasteiger partial charge in [-0.2, -0.15) is 0 Å². The molecule has 32 rings (SSSR count). The van der Waals surface area contributed by atoms with Gasteiger partial charge in [-0.25, -0.2) is 0 Å². The first-order valence-corrected chi connectivity index (χ1v) is 28.7. The summed E-state index contributed by atoms with van der Waals surface area (Å²) in [5.74, 6) is 9.15. The van der Waals surface area contributed by atoms with Crippen molar-refractivity contribution in [2.75, 3.05) is 0 Å². The topological polar surface area (TPSA) is 0 Å². The molecule has 0 N–H and O–H groups in total.